The van der Waals surface area contributed by atoms with Crippen LogP contribution in [0.3, 0.4) is 0 Å². The zero-order chi connectivity index (χ0) is 14.5. The van der Waals surface area contributed by atoms with E-state index >= 15 is 0 Å². The van der Waals surface area contributed by atoms with Gasteiger partial charge in [-0.15, -0.1) is 0 Å². The molecule has 0 aliphatic heterocycles. The van der Waals surface area contributed by atoms with Crippen molar-refractivity contribution in [3.8, 4) is 5.75 Å². The van der Waals surface area contributed by atoms with Crippen molar-refractivity contribution in [1.29, 1.82) is 0 Å². The van der Waals surface area contributed by atoms with Crippen LogP contribution in [-0.4, -0.2) is 18.2 Å². The molecule has 0 bridgehead atoms. The lowest BCUT2D eigenvalue weighted by atomic mass is 10.1. The molecule has 4 nitrogen and oxygen atoms in total. The second kappa shape index (κ2) is 6.30. The van der Waals surface area contributed by atoms with Crippen molar-refractivity contribution >= 4 is 23.3 Å². The molecular formula is C15H14ClNO3. The second-order valence-corrected chi connectivity index (χ2v) is 4.62. The fraction of sp³-hybridized carbons (Fsp3) is 0.133. The van der Waals surface area contributed by atoms with E-state index in [4.69, 9.17) is 11.6 Å². The van der Waals surface area contributed by atoms with Crippen LogP contribution < -0.4 is 5.32 Å². The van der Waals surface area contributed by atoms with Crippen LogP contribution >= 0.6 is 11.6 Å². The van der Waals surface area contributed by atoms with Crippen LogP contribution in [0.1, 0.15) is 15.9 Å². The smallest absolute Gasteiger partial charge is 0.337 e. The summed E-state index contributed by atoms with van der Waals surface area (Å²) < 4.78 is 4.67. The van der Waals surface area contributed by atoms with Crippen molar-refractivity contribution < 1.29 is 14.6 Å². The minimum Gasteiger partial charge on any atom is -0.508 e. The molecule has 0 fully saturated rings. The summed E-state index contributed by atoms with van der Waals surface area (Å²) in [5.74, 6) is -0.208. The summed E-state index contributed by atoms with van der Waals surface area (Å²) in [6.45, 7) is 0.485. The molecule has 0 atom stereocenters. The Bertz CT molecular complexity index is 628. The molecule has 0 amide bonds. The number of phenolic OH excluding ortho intramolecular Hbond substituents is 1. The van der Waals surface area contributed by atoms with Gasteiger partial charge >= 0.3 is 5.97 Å². The van der Waals surface area contributed by atoms with Crippen LogP contribution in [-0.2, 0) is 11.3 Å². The van der Waals surface area contributed by atoms with Crippen molar-refractivity contribution in [3.63, 3.8) is 0 Å². The Morgan fingerprint density at radius 3 is 2.80 bits per heavy atom. The molecule has 0 aliphatic rings. The SMILES string of the molecule is COC(=O)c1ccc(Cl)c(NCc2cccc(O)c2)c1. The lowest BCUT2D eigenvalue weighted by molar-refractivity contribution is 0.0601. The van der Waals surface area contributed by atoms with Crippen LogP contribution in [0.15, 0.2) is 42.5 Å². The molecule has 0 spiro atoms. The Labute approximate surface area is 122 Å². The van der Waals surface area contributed by atoms with Crippen LogP contribution in [0, 0.1) is 0 Å². The summed E-state index contributed by atoms with van der Waals surface area (Å²) in [5.41, 5.74) is 1.97. The Morgan fingerprint density at radius 1 is 1.30 bits per heavy atom. The number of methoxy groups -OCH3 is 1. The van der Waals surface area contributed by atoms with E-state index in [1.54, 1.807) is 36.4 Å². The first-order valence-corrected chi connectivity index (χ1v) is 6.37. The number of rotatable bonds is 4. The van der Waals surface area contributed by atoms with E-state index in [0.29, 0.717) is 22.8 Å². The third-order valence-corrected chi connectivity index (χ3v) is 3.11. The number of carbonyl (C=O) groups excluding carboxylic acids is 1. The summed E-state index contributed by atoms with van der Waals surface area (Å²) in [6, 6.07) is 11.8. The van der Waals surface area contributed by atoms with Gasteiger partial charge in [0.25, 0.3) is 0 Å². The number of hydrogen-bond acceptors (Lipinski definition) is 4. The Hall–Kier alpha value is -2.20. The van der Waals surface area contributed by atoms with E-state index in [-0.39, 0.29) is 5.75 Å². The first-order valence-electron chi connectivity index (χ1n) is 6.00. The molecule has 104 valence electrons. The van der Waals surface area contributed by atoms with Gasteiger partial charge < -0.3 is 15.2 Å². The summed E-state index contributed by atoms with van der Waals surface area (Å²) in [4.78, 5) is 11.5. The maximum atomic E-state index is 11.5. The molecular weight excluding hydrogens is 278 g/mol. The summed E-state index contributed by atoms with van der Waals surface area (Å²) in [5, 5.41) is 13.0. The summed E-state index contributed by atoms with van der Waals surface area (Å²) in [6.07, 6.45) is 0. The molecule has 2 rings (SSSR count). The molecule has 0 unspecified atom stereocenters. The van der Waals surface area contributed by atoms with E-state index in [0.717, 1.165) is 5.56 Å². The Balaban J connectivity index is 2.14. The van der Waals surface area contributed by atoms with Gasteiger partial charge in [-0.2, -0.15) is 0 Å². The summed E-state index contributed by atoms with van der Waals surface area (Å²) >= 11 is 6.08. The maximum absolute atomic E-state index is 11.5. The predicted octanol–water partition coefficient (Wildman–Crippen LogP) is 3.44. The molecule has 2 aromatic rings. The molecule has 5 heteroatoms. The minimum absolute atomic E-state index is 0.207. The zero-order valence-electron chi connectivity index (χ0n) is 10.9. The lowest BCUT2D eigenvalue weighted by Gasteiger charge is -2.10. The van der Waals surface area contributed by atoms with Gasteiger partial charge in [-0.05, 0) is 35.9 Å². The molecule has 2 N–H and O–H groups in total. The molecule has 0 saturated heterocycles. The van der Waals surface area contributed by atoms with Gasteiger partial charge in [-0.25, -0.2) is 4.79 Å². The highest BCUT2D eigenvalue weighted by Crippen LogP contribution is 2.24. The minimum atomic E-state index is -0.415. The molecule has 0 radical (unpaired) electrons. The molecule has 0 saturated carbocycles. The van der Waals surface area contributed by atoms with Gasteiger partial charge in [-0.3, -0.25) is 0 Å². The highest BCUT2D eigenvalue weighted by Gasteiger charge is 2.08. The molecule has 0 aliphatic carbocycles. The van der Waals surface area contributed by atoms with E-state index < -0.39 is 5.97 Å². The van der Waals surface area contributed by atoms with Gasteiger partial charge in [-0.1, -0.05) is 23.7 Å². The summed E-state index contributed by atoms with van der Waals surface area (Å²) in [7, 11) is 1.33. The first kappa shape index (κ1) is 14.2. The predicted molar refractivity (Wildman–Crippen MR) is 78.2 cm³/mol. The van der Waals surface area contributed by atoms with Crippen molar-refractivity contribution in [3.05, 3.63) is 58.6 Å². The number of aromatic hydroxyl groups is 1. The third kappa shape index (κ3) is 3.42. The molecule has 20 heavy (non-hydrogen) atoms. The number of hydrogen-bond donors (Lipinski definition) is 2. The number of ether oxygens (including phenoxy) is 1. The number of esters is 1. The Kier molecular flexibility index (Phi) is 4.48. The topological polar surface area (TPSA) is 58.6 Å². The van der Waals surface area contributed by atoms with Crippen LogP contribution in [0.4, 0.5) is 5.69 Å². The highest BCUT2D eigenvalue weighted by molar-refractivity contribution is 6.33. The number of anilines is 1. The van der Waals surface area contributed by atoms with Crippen molar-refractivity contribution in [2.45, 2.75) is 6.54 Å². The van der Waals surface area contributed by atoms with Crippen molar-refractivity contribution in [2.75, 3.05) is 12.4 Å². The average molecular weight is 292 g/mol. The van der Waals surface area contributed by atoms with E-state index in [1.807, 2.05) is 6.07 Å². The number of nitrogens with one attached hydrogen (secondary N) is 1. The van der Waals surface area contributed by atoms with E-state index in [2.05, 4.69) is 10.1 Å². The fourth-order valence-electron chi connectivity index (χ4n) is 1.77. The first-order chi connectivity index (χ1) is 9.60. The van der Waals surface area contributed by atoms with Crippen LogP contribution in [0.25, 0.3) is 0 Å². The quantitative estimate of drug-likeness (QED) is 0.847. The number of carbonyl (C=O) groups is 1. The van der Waals surface area contributed by atoms with Gasteiger partial charge in [0.15, 0.2) is 0 Å². The van der Waals surface area contributed by atoms with E-state index in [9.17, 15) is 9.90 Å². The van der Waals surface area contributed by atoms with Crippen LogP contribution in [0.5, 0.6) is 5.75 Å². The zero-order valence-corrected chi connectivity index (χ0v) is 11.6. The fourth-order valence-corrected chi connectivity index (χ4v) is 1.95. The number of phenols is 1. The molecule has 0 aromatic heterocycles. The van der Waals surface area contributed by atoms with Crippen molar-refractivity contribution in [1.82, 2.24) is 0 Å². The van der Waals surface area contributed by atoms with Gasteiger partial charge in [0.2, 0.25) is 0 Å². The number of benzene rings is 2. The standard InChI is InChI=1S/C15H14ClNO3/c1-20-15(19)11-5-6-13(16)14(8-11)17-9-10-3-2-4-12(18)7-10/h2-8,17-18H,9H2,1H3. The molecule has 0 heterocycles. The highest BCUT2D eigenvalue weighted by atomic mass is 35.5. The van der Waals surface area contributed by atoms with Gasteiger partial charge in [0.1, 0.15) is 5.75 Å². The van der Waals surface area contributed by atoms with Gasteiger partial charge in [0, 0.05) is 6.54 Å². The second-order valence-electron chi connectivity index (χ2n) is 4.21. The lowest BCUT2D eigenvalue weighted by Crippen LogP contribution is -2.04. The monoisotopic (exact) mass is 291 g/mol. The van der Waals surface area contributed by atoms with Crippen molar-refractivity contribution in [2.24, 2.45) is 0 Å². The van der Waals surface area contributed by atoms with E-state index in [1.165, 1.54) is 7.11 Å². The third-order valence-electron chi connectivity index (χ3n) is 2.78. The molecule has 2 aromatic carbocycles. The largest absolute Gasteiger partial charge is 0.508 e. The normalized spacial score (nSPS) is 10.1. The Morgan fingerprint density at radius 2 is 2.10 bits per heavy atom. The number of halogens is 1. The average Bonchev–Trinajstić information content (AvgIpc) is 2.45. The van der Waals surface area contributed by atoms with Crippen LogP contribution in [0.2, 0.25) is 5.02 Å². The van der Waals surface area contributed by atoms with Gasteiger partial charge in [0.05, 0.1) is 23.4 Å². The maximum Gasteiger partial charge on any atom is 0.337 e.